The fourth-order valence-corrected chi connectivity index (χ4v) is 4.14. The predicted molar refractivity (Wildman–Crippen MR) is 65.4 cm³/mol. The molecule has 1 heterocycles. The van der Waals surface area contributed by atoms with Crippen molar-refractivity contribution < 1.29 is 0 Å². The van der Waals surface area contributed by atoms with Gasteiger partial charge in [-0.1, -0.05) is 23.1 Å². The number of nitriles is 1. The third-order valence-corrected chi connectivity index (χ3v) is 5.09. The highest BCUT2D eigenvalue weighted by molar-refractivity contribution is 8.01. The monoisotopic (exact) mass is 254 g/mol. The minimum absolute atomic E-state index is 0.333. The van der Waals surface area contributed by atoms with Crippen LogP contribution in [0.1, 0.15) is 25.7 Å². The smallest absolute Gasteiger partial charge is 0.174 e. The first kappa shape index (κ1) is 11.8. The summed E-state index contributed by atoms with van der Waals surface area (Å²) in [4.78, 5) is 0. The Morgan fingerprint density at radius 2 is 2.62 bits per heavy atom. The summed E-state index contributed by atoms with van der Waals surface area (Å²) in [6.45, 7) is 0. The predicted octanol–water partition coefficient (Wildman–Crippen LogP) is 2.05. The summed E-state index contributed by atoms with van der Waals surface area (Å²) in [6.07, 6.45) is 4.11. The van der Waals surface area contributed by atoms with Crippen molar-refractivity contribution in [1.29, 1.82) is 5.26 Å². The molecule has 0 amide bonds. The molecule has 0 aromatic carbocycles. The van der Waals surface area contributed by atoms with Crippen LogP contribution in [0.5, 0.6) is 0 Å². The van der Waals surface area contributed by atoms with Gasteiger partial charge in [-0.2, -0.15) is 5.26 Å². The maximum absolute atomic E-state index is 9.24. The van der Waals surface area contributed by atoms with Gasteiger partial charge in [0.15, 0.2) is 4.34 Å². The van der Waals surface area contributed by atoms with Crippen molar-refractivity contribution in [2.75, 3.05) is 7.05 Å². The van der Waals surface area contributed by atoms with Gasteiger partial charge in [0.25, 0.3) is 0 Å². The molecule has 1 aliphatic rings. The first-order valence-corrected chi connectivity index (χ1v) is 7.07. The van der Waals surface area contributed by atoms with Crippen molar-refractivity contribution in [1.82, 2.24) is 15.5 Å². The van der Waals surface area contributed by atoms with Crippen LogP contribution in [0.4, 0.5) is 0 Å². The maximum Gasteiger partial charge on any atom is 0.174 e. The molecule has 2 unspecified atom stereocenters. The summed E-state index contributed by atoms with van der Waals surface area (Å²) >= 11 is 3.33. The molecule has 0 spiro atoms. The maximum atomic E-state index is 9.24. The van der Waals surface area contributed by atoms with E-state index in [1.54, 1.807) is 28.6 Å². The second-order valence-corrected chi connectivity index (χ2v) is 6.37. The van der Waals surface area contributed by atoms with Crippen LogP contribution in [0.25, 0.3) is 0 Å². The third-order valence-electron chi connectivity index (χ3n) is 3.01. The van der Waals surface area contributed by atoms with Crippen LogP contribution in [0.2, 0.25) is 0 Å². The first-order chi connectivity index (χ1) is 7.78. The van der Waals surface area contributed by atoms with E-state index in [4.69, 9.17) is 0 Å². The Bertz CT molecular complexity index is 373. The van der Waals surface area contributed by atoms with Gasteiger partial charge in [0, 0.05) is 5.25 Å². The van der Waals surface area contributed by atoms with Gasteiger partial charge in [-0.15, -0.1) is 10.2 Å². The number of hydrogen-bond donors (Lipinski definition) is 1. The fraction of sp³-hybridized carbons (Fsp3) is 0.700. The van der Waals surface area contributed by atoms with E-state index < -0.39 is 0 Å². The molecule has 6 heteroatoms. The molecule has 2 atom stereocenters. The van der Waals surface area contributed by atoms with E-state index >= 15 is 0 Å². The lowest BCUT2D eigenvalue weighted by atomic mass is 9.83. The summed E-state index contributed by atoms with van der Waals surface area (Å²) in [7, 11) is 1.88. The van der Waals surface area contributed by atoms with Gasteiger partial charge in [-0.05, 0) is 32.7 Å². The molecular formula is C10H14N4S2. The molecule has 1 N–H and O–H groups in total. The van der Waals surface area contributed by atoms with Crippen LogP contribution in [-0.4, -0.2) is 28.0 Å². The van der Waals surface area contributed by atoms with Crippen molar-refractivity contribution >= 4 is 23.1 Å². The SMILES string of the molecule is CNC1(C#N)CCCC(Sc2nncs2)C1. The first-order valence-electron chi connectivity index (χ1n) is 5.31. The van der Waals surface area contributed by atoms with Gasteiger partial charge in [0.05, 0.1) is 6.07 Å². The van der Waals surface area contributed by atoms with Gasteiger partial charge in [-0.25, -0.2) is 0 Å². The number of nitrogens with one attached hydrogen (secondary N) is 1. The average molecular weight is 254 g/mol. The van der Waals surface area contributed by atoms with Crippen LogP contribution in [0.3, 0.4) is 0 Å². The average Bonchev–Trinajstić information content (AvgIpc) is 2.82. The Morgan fingerprint density at radius 3 is 3.25 bits per heavy atom. The molecule has 1 saturated carbocycles. The third kappa shape index (κ3) is 2.54. The number of nitrogens with zero attached hydrogens (tertiary/aromatic N) is 3. The van der Waals surface area contributed by atoms with E-state index in [9.17, 15) is 5.26 Å². The van der Waals surface area contributed by atoms with Crippen molar-refractivity contribution in [3.05, 3.63) is 5.51 Å². The van der Waals surface area contributed by atoms with Crippen LogP contribution >= 0.6 is 23.1 Å². The zero-order valence-electron chi connectivity index (χ0n) is 9.14. The minimum Gasteiger partial charge on any atom is -0.302 e. The Balaban J connectivity index is 2.00. The van der Waals surface area contributed by atoms with Gasteiger partial charge < -0.3 is 5.32 Å². The molecule has 1 aromatic heterocycles. The summed E-state index contributed by atoms with van der Waals surface area (Å²) in [5, 5.41) is 20.8. The van der Waals surface area contributed by atoms with Crippen molar-refractivity contribution in [3.8, 4) is 6.07 Å². The van der Waals surface area contributed by atoms with Crippen molar-refractivity contribution in [2.24, 2.45) is 0 Å². The Morgan fingerprint density at radius 1 is 1.75 bits per heavy atom. The van der Waals surface area contributed by atoms with Crippen LogP contribution < -0.4 is 5.32 Å². The Hall–Kier alpha value is -0.640. The zero-order chi connectivity index (χ0) is 11.4. The normalized spacial score (nSPS) is 29.9. The van der Waals surface area contributed by atoms with E-state index in [2.05, 4.69) is 21.6 Å². The van der Waals surface area contributed by atoms with E-state index in [1.165, 1.54) is 0 Å². The zero-order valence-corrected chi connectivity index (χ0v) is 10.8. The molecule has 1 fully saturated rings. The number of thioether (sulfide) groups is 1. The second-order valence-electron chi connectivity index (χ2n) is 3.98. The lowest BCUT2D eigenvalue weighted by Crippen LogP contribution is -2.46. The lowest BCUT2D eigenvalue weighted by molar-refractivity contribution is 0.323. The molecule has 1 aliphatic carbocycles. The quantitative estimate of drug-likeness (QED) is 0.894. The molecule has 4 nitrogen and oxygen atoms in total. The van der Waals surface area contributed by atoms with E-state index in [1.807, 2.05) is 7.05 Å². The van der Waals surface area contributed by atoms with E-state index in [0.29, 0.717) is 5.25 Å². The molecule has 86 valence electrons. The highest BCUT2D eigenvalue weighted by atomic mass is 32.2. The number of hydrogen-bond acceptors (Lipinski definition) is 6. The molecule has 0 aliphatic heterocycles. The van der Waals surface area contributed by atoms with Crippen LogP contribution in [0.15, 0.2) is 9.85 Å². The lowest BCUT2D eigenvalue weighted by Gasteiger charge is -2.34. The summed E-state index contributed by atoms with van der Waals surface area (Å²) in [5.41, 5.74) is 1.42. The summed E-state index contributed by atoms with van der Waals surface area (Å²) in [6, 6.07) is 2.42. The number of aromatic nitrogens is 2. The van der Waals surface area contributed by atoms with E-state index in [-0.39, 0.29) is 5.54 Å². The topological polar surface area (TPSA) is 61.6 Å². The van der Waals surface area contributed by atoms with E-state index in [0.717, 1.165) is 30.0 Å². The molecule has 2 rings (SSSR count). The molecule has 0 radical (unpaired) electrons. The van der Waals surface area contributed by atoms with Crippen molar-refractivity contribution in [2.45, 2.75) is 40.8 Å². The molecular weight excluding hydrogens is 240 g/mol. The highest BCUT2D eigenvalue weighted by Crippen LogP contribution is 2.38. The fourth-order valence-electron chi connectivity index (χ4n) is 2.07. The number of rotatable bonds is 3. The second kappa shape index (κ2) is 5.13. The van der Waals surface area contributed by atoms with Gasteiger partial charge in [-0.3, -0.25) is 0 Å². The Kier molecular flexibility index (Phi) is 3.79. The molecule has 1 aromatic rings. The molecule has 0 bridgehead atoms. The van der Waals surface area contributed by atoms with Crippen molar-refractivity contribution in [3.63, 3.8) is 0 Å². The van der Waals surface area contributed by atoms with Crippen LogP contribution in [-0.2, 0) is 0 Å². The highest BCUT2D eigenvalue weighted by Gasteiger charge is 2.35. The van der Waals surface area contributed by atoms with Gasteiger partial charge in [0.2, 0.25) is 0 Å². The standard InChI is InChI=1S/C10H14N4S2/c1-12-10(6-11)4-2-3-8(5-10)16-9-14-13-7-15-9/h7-8,12H,2-5H2,1H3. The van der Waals surface area contributed by atoms with Crippen LogP contribution in [0, 0.1) is 11.3 Å². The van der Waals surface area contributed by atoms with Gasteiger partial charge >= 0.3 is 0 Å². The van der Waals surface area contributed by atoms with Gasteiger partial charge in [0.1, 0.15) is 11.0 Å². The summed E-state index contributed by atoms with van der Waals surface area (Å²) in [5.74, 6) is 0. The summed E-state index contributed by atoms with van der Waals surface area (Å²) < 4.78 is 1.01. The molecule has 16 heavy (non-hydrogen) atoms. The largest absolute Gasteiger partial charge is 0.302 e. The molecule has 0 saturated heterocycles. The minimum atomic E-state index is -0.333. The Labute approximate surface area is 103 Å².